The normalized spacial score (nSPS) is 9.50. The van der Waals surface area contributed by atoms with Crippen molar-refractivity contribution in [1.29, 1.82) is 0 Å². The third-order valence-electron chi connectivity index (χ3n) is 1.18. The highest BCUT2D eigenvalue weighted by Gasteiger charge is 2.14. The van der Waals surface area contributed by atoms with E-state index in [9.17, 15) is 4.39 Å². The molecule has 0 saturated carbocycles. The van der Waals surface area contributed by atoms with Crippen LogP contribution in [0.4, 0.5) is 4.39 Å². The Morgan fingerprint density at radius 2 is 1.80 bits per heavy atom. The summed E-state index contributed by atoms with van der Waals surface area (Å²) < 4.78 is 12.5. The van der Waals surface area contributed by atoms with Crippen LogP contribution in [-0.4, -0.2) is 17.2 Å². The quantitative estimate of drug-likeness (QED) is 0.524. The molecular formula is C6H6BFO2. The molecule has 0 spiro atoms. The van der Waals surface area contributed by atoms with Gasteiger partial charge in [-0.2, -0.15) is 0 Å². The van der Waals surface area contributed by atoms with E-state index in [0.717, 1.165) is 0 Å². The van der Waals surface area contributed by atoms with Crippen LogP contribution in [0.3, 0.4) is 0 Å². The zero-order valence-electron chi connectivity index (χ0n) is 5.16. The maximum atomic E-state index is 12.5. The Bertz CT molecular complexity index is 227. The minimum absolute atomic E-state index is 0.0949. The molecule has 0 atom stereocenters. The van der Waals surface area contributed by atoms with Gasteiger partial charge in [-0.05, 0) is 6.07 Å². The van der Waals surface area contributed by atoms with E-state index in [2.05, 4.69) is 0 Å². The van der Waals surface area contributed by atoms with Gasteiger partial charge in [0.2, 0.25) is 0 Å². The Morgan fingerprint density at radius 3 is 2.20 bits per heavy atom. The van der Waals surface area contributed by atoms with Crippen LogP contribution in [0, 0.1) is 5.82 Å². The van der Waals surface area contributed by atoms with E-state index in [0.29, 0.717) is 0 Å². The van der Waals surface area contributed by atoms with Gasteiger partial charge < -0.3 is 10.0 Å². The highest BCUT2D eigenvalue weighted by Crippen LogP contribution is 1.92. The van der Waals surface area contributed by atoms with Crippen molar-refractivity contribution in [2.45, 2.75) is 0 Å². The molecule has 1 rings (SSSR count). The maximum Gasteiger partial charge on any atom is 0.491 e. The Hall–Kier alpha value is -0.865. The fraction of sp³-hybridized carbons (Fsp3) is 0. The molecule has 0 fully saturated rings. The van der Waals surface area contributed by atoms with Gasteiger partial charge in [0.15, 0.2) is 0 Å². The molecule has 0 aromatic heterocycles. The lowest BCUT2D eigenvalue weighted by Crippen LogP contribution is -2.32. The van der Waals surface area contributed by atoms with Crippen molar-refractivity contribution in [3.63, 3.8) is 0 Å². The van der Waals surface area contributed by atoms with E-state index in [-0.39, 0.29) is 5.46 Å². The summed E-state index contributed by atoms with van der Waals surface area (Å²) in [6.45, 7) is 0. The summed E-state index contributed by atoms with van der Waals surface area (Å²) in [5.41, 5.74) is -0.0949. The van der Waals surface area contributed by atoms with Gasteiger partial charge in [0.25, 0.3) is 0 Å². The van der Waals surface area contributed by atoms with E-state index in [1.807, 2.05) is 0 Å². The molecule has 4 heteroatoms. The minimum atomic E-state index is -1.72. The fourth-order valence-corrected chi connectivity index (χ4v) is 0.684. The second-order valence-corrected chi connectivity index (χ2v) is 1.90. The lowest BCUT2D eigenvalue weighted by molar-refractivity contribution is 0.423. The molecule has 1 aromatic carbocycles. The summed E-state index contributed by atoms with van der Waals surface area (Å²) in [6.07, 6.45) is 0. The largest absolute Gasteiger partial charge is 0.491 e. The van der Waals surface area contributed by atoms with Gasteiger partial charge >= 0.3 is 7.12 Å². The molecule has 2 nitrogen and oxygen atoms in total. The minimum Gasteiger partial charge on any atom is -0.423 e. The molecule has 10 heavy (non-hydrogen) atoms. The first kappa shape index (κ1) is 7.24. The zero-order chi connectivity index (χ0) is 7.56. The second kappa shape index (κ2) is 2.81. The number of benzene rings is 1. The van der Waals surface area contributed by atoms with E-state index in [1.165, 1.54) is 24.3 Å². The van der Waals surface area contributed by atoms with Crippen molar-refractivity contribution in [2.75, 3.05) is 0 Å². The van der Waals surface area contributed by atoms with Crippen LogP contribution in [0.5, 0.6) is 0 Å². The van der Waals surface area contributed by atoms with Gasteiger partial charge in [-0.25, -0.2) is 4.39 Å². The number of hydrogen-bond acceptors (Lipinski definition) is 2. The van der Waals surface area contributed by atoms with Crippen molar-refractivity contribution < 1.29 is 14.4 Å². The van der Waals surface area contributed by atoms with Crippen molar-refractivity contribution in [3.8, 4) is 0 Å². The van der Waals surface area contributed by atoms with Crippen molar-refractivity contribution in [1.82, 2.24) is 0 Å². The van der Waals surface area contributed by atoms with Gasteiger partial charge in [0.05, 0.1) is 0 Å². The summed E-state index contributed by atoms with van der Waals surface area (Å²) >= 11 is 0. The van der Waals surface area contributed by atoms with Crippen LogP contribution in [0.2, 0.25) is 0 Å². The van der Waals surface area contributed by atoms with Gasteiger partial charge in [-0.3, -0.25) is 0 Å². The van der Waals surface area contributed by atoms with Crippen LogP contribution in [0.25, 0.3) is 0 Å². The summed E-state index contributed by atoms with van der Waals surface area (Å²) in [6, 6.07) is 5.52. The molecule has 0 amide bonds. The van der Waals surface area contributed by atoms with E-state index >= 15 is 0 Å². The predicted octanol–water partition coefficient (Wildman–Crippen LogP) is -0.495. The van der Waals surface area contributed by atoms with Gasteiger partial charge in [-0.15, -0.1) is 0 Å². The van der Waals surface area contributed by atoms with E-state index < -0.39 is 12.9 Å². The summed E-state index contributed by atoms with van der Waals surface area (Å²) in [7, 11) is -1.72. The molecular weight excluding hydrogens is 140 g/mol. The first-order valence-electron chi connectivity index (χ1n) is 2.82. The Kier molecular flexibility index (Phi) is 2.04. The molecule has 0 aliphatic rings. The lowest BCUT2D eigenvalue weighted by Gasteiger charge is -1.98. The Labute approximate surface area is 58.1 Å². The highest BCUT2D eigenvalue weighted by molar-refractivity contribution is 6.58. The second-order valence-electron chi connectivity index (χ2n) is 1.90. The Balaban J connectivity index is 3.03. The van der Waals surface area contributed by atoms with E-state index in [1.54, 1.807) is 0 Å². The number of rotatable bonds is 1. The summed E-state index contributed by atoms with van der Waals surface area (Å²) in [4.78, 5) is 0. The van der Waals surface area contributed by atoms with Crippen molar-refractivity contribution >= 4 is 12.6 Å². The predicted molar refractivity (Wildman–Crippen MR) is 36.2 cm³/mol. The number of hydrogen-bond donors (Lipinski definition) is 2. The van der Waals surface area contributed by atoms with Crippen LogP contribution in [-0.2, 0) is 0 Å². The van der Waals surface area contributed by atoms with Crippen LogP contribution < -0.4 is 5.46 Å². The Morgan fingerprint density at radius 1 is 1.20 bits per heavy atom. The molecule has 1 aromatic rings. The maximum absolute atomic E-state index is 12.5. The third kappa shape index (κ3) is 1.34. The monoisotopic (exact) mass is 146 g/mol. The molecule has 0 bridgehead atoms. The van der Waals surface area contributed by atoms with Crippen LogP contribution in [0.15, 0.2) is 24.3 Å². The fourth-order valence-electron chi connectivity index (χ4n) is 0.684. The molecule has 0 saturated heterocycles. The smallest absolute Gasteiger partial charge is 0.423 e. The topological polar surface area (TPSA) is 40.5 Å². The van der Waals surface area contributed by atoms with E-state index in [4.69, 9.17) is 10.0 Å². The van der Waals surface area contributed by atoms with Crippen molar-refractivity contribution in [3.05, 3.63) is 30.1 Å². The molecule has 0 aliphatic heterocycles. The van der Waals surface area contributed by atoms with Gasteiger partial charge in [0.1, 0.15) is 5.82 Å². The average molecular weight is 146 g/mol. The number of halogens is 1. The van der Waals surface area contributed by atoms with Gasteiger partial charge in [0, 0.05) is 5.46 Å². The lowest BCUT2D eigenvalue weighted by atomic mass is 10.1. The summed E-state index contributed by atoms with van der Waals surface area (Å²) in [5, 5.41) is 17.0. The highest BCUT2D eigenvalue weighted by atomic mass is 19.2. The molecule has 0 heterocycles. The molecule has 0 radical (unpaired) electrons. The van der Waals surface area contributed by atoms with Gasteiger partial charge in [-0.1, -0.05) is 18.2 Å². The van der Waals surface area contributed by atoms with Crippen LogP contribution in [0.1, 0.15) is 0 Å². The molecule has 0 aliphatic carbocycles. The molecule has 52 valence electrons. The zero-order valence-corrected chi connectivity index (χ0v) is 5.16. The van der Waals surface area contributed by atoms with Crippen molar-refractivity contribution in [2.24, 2.45) is 0 Å². The van der Waals surface area contributed by atoms with Crippen LogP contribution >= 0.6 is 0 Å². The third-order valence-corrected chi connectivity index (χ3v) is 1.18. The average Bonchev–Trinajstić information content (AvgIpc) is 1.88. The SMILES string of the molecule is OB(O)[13c]1[13cH][13cH][13cH][13cH][13c]1F. The first-order chi connectivity index (χ1) is 4.72. The molecule has 2 N–H and O–H groups in total. The summed E-state index contributed by atoms with van der Waals surface area (Å²) in [5.74, 6) is -0.600. The molecule has 0 unspecified atom stereocenters. The standard InChI is InChI=1S/C6H6BFO2/c8-6-4-2-1-3-5(6)7(9)10/h1-4,9-10H/i1+1,2+1,3+1,4+1,5+1,6+1. The first-order valence-corrected chi connectivity index (χ1v) is 2.82.